The van der Waals surface area contributed by atoms with E-state index in [1.807, 2.05) is 30.3 Å². The molecule has 3 nitrogen and oxygen atoms in total. The Morgan fingerprint density at radius 3 is 1.48 bits per heavy atom. The standard InChI is InChI=1S/C28H23NO2/c1-22(30)31-28-20-16-24(17-21-28)13-12-23-14-18-27(19-15-23)29(25-8-4-2-5-9-25)26-10-6-3-7-11-26/h2-21H,1H3/b13-12+. The lowest BCUT2D eigenvalue weighted by molar-refractivity contribution is -0.131. The largest absolute Gasteiger partial charge is 0.427 e. The van der Waals surface area contributed by atoms with Gasteiger partial charge in [-0.05, 0) is 59.7 Å². The Kier molecular flexibility index (Phi) is 6.24. The van der Waals surface area contributed by atoms with Crippen LogP contribution in [0.5, 0.6) is 5.75 Å². The number of hydrogen-bond donors (Lipinski definition) is 0. The van der Waals surface area contributed by atoms with Crippen LogP contribution in [0.2, 0.25) is 0 Å². The summed E-state index contributed by atoms with van der Waals surface area (Å²) in [5.74, 6) is 0.236. The van der Waals surface area contributed by atoms with Crippen LogP contribution in [0.3, 0.4) is 0 Å². The number of carbonyl (C=O) groups excluding carboxylic acids is 1. The van der Waals surface area contributed by atoms with Gasteiger partial charge in [0.25, 0.3) is 0 Å². The molecule has 0 radical (unpaired) electrons. The summed E-state index contributed by atoms with van der Waals surface area (Å²) in [5.41, 5.74) is 5.47. The molecule has 4 rings (SSSR count). The first-order valence-corrected chi connectivity index (χ1v) is 10.2. The van der Waals surface area contributed by atoms with Crippen molar-refractivity contribution in [2.75, 3.05) is 4.90 Å². The van der Waals surface area contributed by atoms with Gasteiger partial charge in [0, 0.05) is 24.0 Å². The molecule has 4 aromatic rings. The predicted molar refractivity (Wildman–Crippen MR) is 128 cm³/mol. The van der Waals surface area contributed by atoms with E-state index in [0.29, 0.717) is 5.75 Å². The summed E-state index contributed by atoms with van der Waals surface area (Å²) in [5, 5.41) is 0. The summed E-state index contributed by atoms with van der Waals surface area (Å²) >= 11 is 0. The summed E-state index contributed by atoms with van der Waals surface area (Å²) < 4.78 is 5.07. The maximum atomic E-state index is 11.0. The molecule has 0 aliphatic carbocycles. The van der Waals surface area contributed by atoms with Gasteiger partial charge in [0.15, 0.2) is 0 Å². The van der Waals surface area contributed by atoms with Gasteiger partial charge < -0.3 is 9.64 Å². The van der Waals surface area contributed by atoms with Crippen LogP contribution in [-0.4, -0.2) is 5.97 Å². The van der Waals surface area contributed by atoms with E-state index < -0.39 is 0 Å². The minimum absolute atomic E-state index is 0.316. The highest BCUT2D eigenvalue weighted by atomic mass is 16.5. The van der Waals surface area contributed by atoms with E-state index in [1.165, 1.54) is 6.92 Å². The maximum absolute atomic E-state index is 11.0. The van der Waals surface area contributed by atoms with Crippen molar-refractivity contribution in [3.8, 4) is 5.75 Å². The zero-order chi connectivity index (χ0) is 21.5. The number of ether oxygens (including phenoxy) is 1. The van der Waals surface area contributed by atoms with Crippen LogP contribution in [-0.2, 0) is 4.79 Å². The van der Waals surface area contributed by atoms with Crippen molar-refractivity contribution in [2.24, 2.45) is 0 Å². The predicted octanol–water partition coefficient (Wildman–Crippen LogP) is 7.25. The first kappa shape index (κ1) is 20.2. The van der Waals surface area contributed by atoms with Gasteiger partial charge >= 0.3 is 5.97 Å². The van der Waals surface area contributed by atoms with Crippen molar-refractivity contribution in [1.29, 1.82) is 0 Å². The number of esters is 1. The van der Waals surface area contributed by atoms with Crippen molar-refractivity contribution in [1.82, 2.24) is 0 Å². The van der Waals surface area contributed by atoms with Crippen LogP contribution in [0.25, 0.3) is 12.2 Å². The van der Waals surface area contributed by atoms with Crippen LogP contribution in [0, 0.1) is 0 Å². The average molecular weight is 405 g/mol. The van der Waals surface area contributed by atoms with E-state index in [9.17, 15) is 4.79 Å². The molecule has 0 spiro atoms. The average Bonchev–Trinajstić information content (AvgIpc) is 2.81. The lowest BCUT2D eigenvalue weighted by atomic mass is 10.1. The first-order chi connectivity index (χ1) is 15.2. The highest BCUT2D eigenvalue weighted by Crippen LogP contribution is 2.34. The Hall–Kier alpha value is -4.11. The third-order valence-electron chi connectivity index (χ3n) is 4.79. The zero-order valence-electron chi connectivity index (χ0n) is 17.3. The number of nitrogens with zero attached hydrogens (tertiary/aromatic N) is 1. The van der Waals surface area contributed by atoms with E-state index in [0.717, 1.165) is 28.2 Å². The van der Waals surface area contributed by atoms with Crippen molar-refractivity contribution < 1.29 is 9.53 Å². The molecule has 0 heterocycles. The molecule has 0 unspecified atom stereocenters. The van der Waals surface area contributed by atoms with Crippen LogP contribution in [0.1, 0.15) is 18.1 Å². The SMILES string of the molecule is CC(=O)Oc1ccc(/C=C/c2ccc(N(c3ccccc3)c3ccccc3)cc2)cc1. The summed E-state index contributed by atoms with van der Waals surface area (Å²) in [7, 11) is 0. The molecule has 0 aliphatic rings. The van der Waals surface area contributed by atoms with E-state index in [-0.39, 0.29) is 5.97 Å². The number of para-hydroxylation sites is 2. The molecule has 0 aliphatic heterocycles. The normalized spacial score (nSPS) is 10.7. The Labute approximate surface area is 182 Å². The van der Waals surface area contributed by atoms with Gasteiger partial charge in [0.2, 0.25) is 0 Å². The van der Waals surface area contributed by atoms with E-state index in [1.54, 1.807) is 12.1 Å². The minimum Gasteiger partial charge on any atom is -0.427 e. The van der Waals surface area contributed by atoms with Gasteiger partial charge in [-0.3, -0.25) is 4.79 Å². The molecular formula is C28H23NO2. The second-order valence-electron chi connectivity index (χ2n) is 7.09. The number of rotatable bonds is 6. The quantitative estimate of drug-likeness (QED) is 0.192. The van der Waals surface area contributed by atoms with Crippen LogP contribution < -0.4 is 9.64 Å². The molecule has 0 aromatic heterocycles. The summed E-state index contributed by atoms with van der Waals surface area (Å²) in [6.07, 6.45) is 4.11. The fraction of sp³-hybridized carbons (Fsp3) is 0.0357. The Morgan fingerprint density at radius 1 is 0.613 bits per heavy atom. The molecule has 0 fully saturated rings. The summed E-state index contributed by atoms with van der Waals surface area (Å²) in [6, 6.07) is 36.6. The van der Waals surface area contributed by atoms with Crippen molar-refractivity contribution in [3.05, 3.63) is 120 Å². The number of benzene rings is 4. The Bertz CT molecular complexity index is 1110. The fourth-order valence-corrected chi connectivity index (χ4v) is 3.34. The number of carbonyl (C=O) groups is 1. The monoisotopic (exact) mass is 405 g/mol. The van der Waals surface area contributed by atoms with Gasteiger partial charge in [0.1, 0.15) is 5.75 Å². The van der Waals surface area contributed by atoms with Crippen LogP contribution in [0.4, 0.5) is 17.1 Å². The first-order valence-electron chi connectivity index (χ1n) is 10.2. The molecule has 0 amide bonds. The smallest absolute Gasteiger partial charge is 0.308 e. The summed E-state index contributed by atoms with van der Waals surface area (Å²) in [4.78, 5) is 13.3. The van der Waals surface area contributed by atoms with Gasteiger partial charge in [-0.2, -0.15) is 0 Å². The second kappa shape index (κ2) is 9.59. The highest BCUT2D eigenvalue weighted by molar-refractivity contribution is 5.78. The molecular weight excluding hydrogens is 382 g/mol. The zero-order valence-corrected chi connectivity index (χ0v) is 17.3. The number of hydrogen-bond acceptors (Lipinski definition) is 3. The highest BCUT2D eigenvalue weighted by Gasteiger charge is 2.11. The van der Waals surface area contributed by atoms with Crippen molar-refractivity contribution in [2.45, 2.75) is 6.92 Å². The number of anilines is 3. The topological polar surface area (TPSA) is 29.5 Å². The van der Waals surface area contributed by atoms with E-state index >= 15 is 0 Å². The molecule has 152 valence electrons. The molecule has 0 saturated carbocycles. The second-order valence-corrected chi connectivity index (χ2v) is 7.09. The third kappa shape index (κ3) is 5.28. The van der Waals surface area contributed by atoms with Gasteiger partial charge in [0.05, 0.1) is 0 Å². The molecule has 3 heteroatoms. The van der Waals surface area contributed by atoms with Gasteiger partial charge in [-0.25, -0.2) is 0 Å². The lowest BCUT2D eigenvalue weighted by Crippen LogP contribution is -2.09. The minimum atomic E-state index is -0.316. The third-order valence-corrected chi connectivity index (χ3v) is 4.79. The molecule has 0 atom stereocenters. The van der Waals surface area contributed by atoms with Gasteiger partial charge in [-0.15, -0.1) is 0 Å². The lowest BCUT2D eigenvalue weighted by Gasteiger charge is -2.25. The van der Waals surface area contributed by atoms with Crippen molar-refractivity contribution in [3.63, 3.8) is 0 Å². The molecule has 31 heavy (non-hydrogen) atoms. The fourth-order valence-electron chi connectivity index (χ4n) is 3.34. The van der Waals surface area contributed by atoms with Gasteiger partial charge in [-0.1, -0.05) is 72.8 Å². The van der Waals surface area contributed by atoms with Crippen LogP contribution >= 0.6 is 0 Å². The van der Waals surface area contributed by atoms with E-state index in [4.69, 9.17) is 4.74 Å². The molecule has 0 saturated heterocycles. The Morgan fingerprint density at radius 2 is 1.03 bits per heavy atom. The Balaban J connectivity index is 1.55. The maximum Gasteiger partial charge on any atom is 0.308 e. The van der Waals surface area contributed by atoms with E-state index in [2.05, 4.69) is 83.8 Å². The van der Waals surface area contributed by atoms with Crippen molar-refractivity contribution >= 4 is 35.2 Å². The molecule has 0 bridgehead atoms. The van der Waals surface area contributed by atoms with Crippen LogP contribution in [0.15, 0.2) is 109 Å². The molecule has 0 N–H and O–H groups in total. The molecule has 4 aromatic carbocycles. The summed E-state index contributed by atoms with van der Waals surface area (Å²) in [6.45, 7) is 1.40.